The first-order chi connectivity index (χ1) is 9.83. The van der Waals surface area contributed by atoms with Crippen LogP contribution >= 0.6 is 0 Å². The minimum atomic E-state index is 0.430. The van der Waals surface area contributed by atoms with E-state index in [0.717, 1.165) is 18.7 Å². The summed E-state index contributed by atoms with van der Waals surface area (Å²) in [6.07, 6.45) is 9.38. The number of hydrogen-bond acceptors (Lipinski definition) is 2. The third kappa shape index (κ3) is 4.52. The highest BCUT2D eigenvalue weighted by atomic mass is 16.5. The average Bonchev–Trinajstić information content (AvgIpc) is 2.74. The second-order valence-electron chi connectivity index (χ2n) is 5.82. The van der Waals surface area contributed by atoms with Crippen molar-refractivity contribution < 1.29 is 4.74 Å². The second-order valence-corrected chi connectivity index (χ2v) is 5.82. The summed E-state index contributed by atoms with van der Waals surface area (Å²) in [5.74, 6) is 1.03. The molecule has 0 radical (unpaired) electrons. The molecule has 0 spiro atoms. The molecule has 1 aromatic carbocycles. The Kier molecular flexibility index (Phi) is 6.38. The molecule has 1 N–H and O–H groups in total. The van der Waals surface area contributed by atoms with Crippen LogP contribution in [0.15, 0.2) is 24.3 Å². The zero-order chi connectivity index (χ0) is 14.2. The monoisotopic (exact) mass is 275 g/mol. The third-order valence-corrected chi connectivity index (χ3v) is 4.25. The highest BCUT2D eigenvalue weighted by molar-refractivity contribution is 5.29. The summed E-state index contributed by atoms with van der Waals surface area (Å²) in [6, 6.07) is 9.17. The fraction of sp³-hybridized carbons (Fsp3) is 0.667. The lowest BCUT2D eigenvalue weighted by molar-refractivity contribution is 0.183. The zero-order valence-electron chi connectivity index (χ0n) is 13.0. The van der Waals surface area contributed by atoms with Gasteiger partial charge in [0, 0.05) is 6.04 Å². The first-order valence-electron chi connectivity index (χ1n) is 8.33. The number of benzene rings is 1. The molecule has 2 nitrogen and oxygen atoms in total. The Bertz CT molecular complexity index is 366. The third-order valence-electron chi connectivity index (χ3n) is 4.25. The topological polar surface area (TPSA) is 21.3 Å². The first-order valence-corrected chi connectivity index (χ1v) is 8.33. The van der Waals surface area contributed by atoms with Crippen molar-refractivity contribution in [3.63, 3.8) is 0 Å². The molecule has 0 bridgehead atoms. The Morgan fingerprint density at radius 3 is 2.25 bits per heavy atom. The van der Waals surface area contributed by atoms with Gasteiger partial charge < -0.3 is 10.1 Å². The minimum absolute atomic E-state index is 0.430. The molecule has 2 heteroatoms. The fourth-order valence-corrected chi connectivity index (χ4v) is 3.08. The van der Waals surface area contributed by atoms with Crippen molar-refractivity contribution in [2.45, 2.75) is 70.9 Å². The van der Waals surface area contributed by atoms with Crippen LogP contribution in [0, 0.1) is 0 Å². The van der Waals surface area contributed by atoms with Gasteiger partial charge >= 0.3 is 0 Å². The first kappa shape index (κ1) is 15.4. The average molecular weight is 275 g/mol. The van der Waals surface area contributed by atoms with Gasteiger partial charge in [-0.05, 0) is 56.3 Å². The molecule has 1 fully saturated rings. The van der Waals surface area contributed by atoms with Gasteiger partial charge in [-0.2, -0.15) is 0 Å². The SMILES string of the molecule is CCNC(CC)c1ccc(OC2CCCCCC2)cc1. The van der Waals surface area contributed by atoms with Crippen LogP contribution < -0.4 is 10.1 Å². The molecular weight excluding hydrogens is 246 g/mol. The molecule has 0 aromatic heterocycles. The number of ether oxygens (including phenoxy) is 1. The predicted molar refractivity (Wildman–Crippen MR) is 85.3 cm³/mol. The van der Waals surface area contributed by atoms with E-state index in [1.807, 2.05) is 0 Å². The molecule has 1 unspecified atom stereocenters. The van der Waals surface area contributed by atoms with Crippen LogP contribution in [0.3, 0.4) is 0 Å². The lowest BCUT2D eigenvalue weighted by Crippen LogP contribution is -2.20. The molecule has 1 aliphatic carbocycles. The molecule has 112 valence electrons. The Morgan fingerprint density at radius 2 is 1.70 bits per heavy atom. The van der Waals surface area contributed by atoms with E-state index in [2.05, 4.69) is 43.4 Å². The molecule has 0 heterocycles. The van der Waals surface area contributed by atoms with Crippen molar-refractivity contribution in [1.29, 1.82) is 0 Å². The van der Waals surface area contributed by atoms with Gasteiger partial charge in [0.1, 0.15) is 5.75 Å². The summed E-state index contributed by atoms with van der Waals surface area (Å²) in [6.45, 7) is 5.40. The normalized spacial score (nSPS) is 18.5. The highest BCUT2D eigenvalue weighted by Gasteiger charge is 2.14. The number of hydrogen-bond donors (Lipinski definition) is 1. The molecule has 0 saturated heterocycles. The van der Waals surface area contributed by atoms with E-state index >= 15 is 0 Å². The quantitative estimate of drug-likeness (QED) is 0.749. The molecule has 0 aliphatic heterocycles. The van der Waals surface area contributed by atoms with Gasteiger partial charge in [0.15, 0.2) is 0 Å². The minimum Gasteiger partial charge on any atom is -0.490 e. The van der Waals surface area contributed by atoms with Crippen molar-refractivity contribution in [3.8, 4) is 5.75 Å². The maximum atomic E-state index is 6.14. The van der Waals surface area contributed by atoms with Gasteiger partial charge in [-0.15, -0.1) is 0 Å². The molecule has 20 heavy (non-hydrogen) atoms. The Hall–Kier alpha value is -1.02. The summed E-state index contributed by atoms with van der Waals surface area (Å²) in [5, 5.41) is 3.52. The maximum absolute atomic E-state index is 6.14. The van der Waals surface area contributed by atoms with Crippen LogP contribution in [0.2, 0.25) is 0 Å². The predicted octanol–water partition coefficient (Wildman–Crippen LogP) is 4.85. The van der Waals surface area contributed by atoms with Crippen molar-refractivity contribution in [2.24, 2.45) is 0 Å². The number of nitrogens with one attached hydrogen (secondary N) is 1. The van der Waals surface area contributed by atoms with E-state index in [-0.39, 0.29) is 0 Å². The zero-order valence-corrected chi connectivity index (χ0v) is 13.0. The highest BCUT2D eigenvalue weighted by Crippen LogP contribution is 2.25. The molecule has 2 rings (SSSR count). The largest absolute Gasteiger partial charge is 0.490 e. The summed E-state index contributed by atoms with van der Waals surface area (Å²) in [5.41, 5.74) is 1.36. The van der Waals surface area contributed by atoms with Gasteiger partial charge in [0.05, 0.1) is 6.10 Å². The van der Waals surface area contributed by atoms with Gasteiger partial charge in [-0.3, -0.25) is 0 Å². The van der Waals surface area contributed by atoms with E-state index < -0.39 is 0 Å². The van der Waals surface area contributed by atoms with E-state index in [1.165, 1.54) is 44.1 Å². The molecular formula is C18H29NO. The molecule has 1 aromatic rings. The van der Waals surface area contributed by atoms with Crippen molar-refractivity contribution in [3.05, 3.63) is 29.8 Å². The molecule has 1 aliphatic rings. The maximum Gasteiger partial charge on any atom is 0.119 e. The van der Waals surface area contributed by atoms with Gasteiger partial charge in [-0.1, -0.05) is 38.8 Å². The molecule has 0 amide bonds. The summed E-state index contributed by atoms with van der Waals surface area (Å²) in [7, 11) is 0. The van der Waals surface area contributed by atoms with E-state index in [0.29, 0.717) is 12.1 Å². The lowest BCUT2D eigenvalue weighted by Gasteiger charge is -2.19. The smallest absolute Gasteiger partial charge is 0.119 e. The Morgan fingerprint density at radius 1 is 1.05 bits per heavy atom. The Labute approximate surface area is 123 Å². The fourth-order valence-electron chi connectivity index (χ4n) is 3.08. The van der Waals surface area contributed by atoms with Crippen LogP contribution in [0.1, 0.15) is 70.4 Å². The van der Waals surface area contributed by atoms with Crippen LogP contribution in [0.4, 0.5) is 0 Å². The summed E-state index contributed by atoms with van der Waals surface area (Å²) >= 11 is 0. The summed E-state index contributed by atoms with van der Waals surface area (Å²) < 4.78 is 6.14. The van der Waals surface area contributed by atoms with Crippen molar-refractivity contribution in [2.75, 3.05) is 6.54 Å². The standard InChI is InChI=1S/C18H29NO/c1-3-18(19-4-2)15-11-13-17(14-12-15)20-16-9-7-5-6-8-10-16/h11-14,16,18-19H,3-10H2,1-2H3. The summed E-state index contributed by atoms with van der Waals surface area (Å²) in [4.78, 5) is 0. The van der Waals surface area contributed by atoms with Crippen LogP contribution in [-0.2, 0) is 0 Å². The lowest BCUT2D eigenvalue weighted by atomic mass is 10.0. The van der Waals surface area contributed by atoms with E-state index in [1.54, 1.807) is 0 Å². The van der Waals surface area contributed by atoms with Crippen LogP contribution in [0.25, 0.3) is 0 Å². The number of rotatable bonds is 6. The van der Waals surface area contributed by atoms with Gasteiger partial charge in [0.2, 0.25) is 0 Å². The second kappa shape index (κ2) is 8.31. The van der Waals surface area contributed by atoms with Crippen LogP contribution in [0.5, 0.6) is 5.75 Å². The van der Waals surface area contributed by atoms with Gasteiger partial charge in [-0.25, -0.2) is 0 Å². The van der Waals surface area contributed by atoms with Gasteiger partial charge in [0.25, 0.3) is 0 Å². The van der Waals surface area contributed by atoms with E-state index in [9.17, 15) is 0 Å². The van der Waals surface area contributed by atoms with Crippen LogP contribution in [-0.4, -0.2) is 12.6 Å². The Balaban J connectivity index is 1.93. The van der Waals surface area contributed by atoms with E-state index in [4.69, 9.17) is 4.74 Å². The van der Waals surface area contributed by atoms with Crippen molar-refractivity contribution >= 4 is 0 Å². The molecule has 1 saturated carbocycles. The molecule has 1 atom stereocenters. The van der Waals surface area contributed by atoms with Crippen molar-refractivity contribution in [1.82, 2.24) is 5.32 Å².